The number of ether oxygens (including phenoxy) is 2. The number of fused-ring (bicyclic) bond motifs is 2. The highest BCUT2D eigenvalue weighted by Crippen LogP contribution is 2.47. The third-order valence-electron chi connectivity index (χ3n) is 10.4. The summed E-state index contributed by atoms with van der Waals surface area (Å²) >= 11 is 5.11. The van der Waals surface area contributed by atoms with Crippen LogP contribution in [0.25, 0.3) is 20.5 Å². The summed E-state index contributed by atoms with van der Waals surface area (Å²) in [5.74, 6) is 1.74. The number of piperidine rings is 1. The van der Waals surface area contributed by atoms with Gasteiger partial charge in [-0.1, -0.05) is 34.1 Å². The fourth-order valence-electron chi connectivity index (χ4n) is 7.45. The van der Waals surface area contributed by atoms with Crippen molar-refractivity contribution in [1.82, 2.24) is 15.1 Å². The quantitative estimate of drug-likeness (QED) is 0.0966. The Bertz CT molecular complexity index is 2180. The first-order chi connectivity index (χ1) is 26.3. The molecule has 2 fully saturated rings. The normalized spacial score (nSPS) is 17.6. The van der Waals surface area contributed by atoms with Crippen molar-refractivity contribution in [2.45, 2.75) is 44.7 Å². The monoisotopic (exact) mass is 808 g/mol. The Morgan fingerprint density at radius 1 is 0.852 bits per heavy atom. The standard InChI is InChI=1S/C42H41BrN4O6S/c43-29-7-4-27(5-8-29)40-39(34-15-10-31(48)25-37(34)54-40)53-33-13-11-32(12-14-33)52-23-3-1-2-18-45-19-21-46(22-20-45)30-9-6-28-26-47(42(51)35(28)24-30)36-16-17-38(49)44-41(36)50/h4-15,24-25,36,48H,1-3,16-23,26H2,(H,44,49,50). The first kappa shape index (κ1) is 36.1. The maximum atomic E-state index is 13.3. The summed E-state index contributed by atoms with van der Waals surface area (Å²) in [6.07, 6.45) is 3.78. The van der Waals surface area contributed by atoms with E-state index < -0.39 is 6.04 Å². The minimum Gasteiger partial charge on any atom is -0.508 e. The summed E-state index contributed by atoms with van der Waals surface area (Å²) in [5.41, 5.74) is 3.68. The molecule has 54 heavy (non-hydrogen) atoms. The molecule has 1 atom stereocenters. The fourth-order valence-corrected chi connectivity index (χ4v) is 8.88. The molecule has 4 heterocycles. The summed E-state index contributed by atoms with van der Waals surface area (Å²) in [5, 5.41) is 13.4. The molecule has 0 spiro atoms. The van der Waals surface area contributed by atoms with Gasteiger partial charge in [-0.15, -0.1) is 11.3 Å². The number of anilines is 1. The molecule has 12 heteroatoms. The van der Waals surface area contributed by atoms with Crippen LogP contribution >= 0.6 is 27.3 Å². The van der Waals surface area contributed by atoms with Gasteiger partial charge in [0.2, 0.25) is 11.8 Å². The molecular weight excluding hydrogens is 768 g/mol. The van der Waals surface area contributed by atoms with Gasteiger partial charge in [-0.3, -0.25) is 24.6 Å². The van der Waals surface area contributed by atoms with Crippen molar-refractivity contribution in [3.8, 4) is 33.4 Å². The zero-order valence-electron chi connectivity index (χ0n) is 29.8. The maximum Gasteiger partial charge on any atom is 0.255 e. The van der Waals surface area contributed by atoms with Gasteiger partial charge in [0.05, 0.1) is 11.5 Å². The highest BCUT2D eigenvalue weighted by Gasteiger charge is 2.39. The van der Waals surface area contributed by atoms with Crippen LogP contribution in [0.2, 0.25) is 0 Å². The lowest BCUT2D eigenvalue weighted by molar-refractivity contribution is -0.136. The lowest BCUT2D eigenvalue weighted by Gasteiger charge is -2.36. The lowest BCUT2D eigenvalue weighted by Crippen LogP contribution is -2.52. The number of phenols is 1. The number of amides is 3. The fraction of sp³-hybridized carbons (Fsp3) is 0.310. The van der Waals surface area contributed by atoms with Crippen LogP contribution in [0, 0.1) is 0 Å². The Morgan fingerprint density at radius 2 is 1.63 bits per heavy atom. The topological polar surface area (TPSA) is 112 Å². The molecule has 8 rings (SSSR count). The summed E-state index contributed by atoms with van der Waals surface area (Å²) in [7, 11) is 0. The average Bonchev–Trinajstić information content (AvgIpc) is 3.70. The van der Waals surface area contributed by atoms with Gasteiger partial charge in [0.25, 0.3) is 5.91 Å². The second-order valence-electron chi connectivity index (χ2n) is 14.0. The zero-order chi connectivity index (χ0) is 37.2. The number of hydrogen-bond donors (Lipinski definition) is 2. The van der Waals surface area contributed by atoms with Gasteiger partial charge in [0, 0.05) is 65.0 Å². The number of unbranched alkanes of at least 4 members (excludes halogenated alkanes) is 2. The number of thiophene rings is 1. The molecule has 0 aliphatic carbocycles. The molecule has 10 nitrogen and oxygen atoms in total. The molecule has 2 N–H and O–H groups in total. The number of halogens is 1. The smallest absolute Gasteiger partial charge is 0.255 e. The summed E-state index contributed by atoms with van der Waals surface area (Å²) in [4.78, 5) is 44.7. The molecule has 1 unspecified atom stereocenters. The van der Waals surface area contributed by atoms with Gasteiger partial charge in [-0.05, 0) is 110 Å². The molecule has 3 aliphatic heterocycles. The minimum absolute atomic E-state index is 0.132. The van der Waals surface area contributed by atoms with Crippen LogP contribution in [-0.4, -0.2) is 78.0 Å². The van der Waals surface area contributed by atoms with E-state index in [1.54, 1.807) is 28.4 Å². The van der Waals surface area contributed by atoms with Crippen molar-refractivity contribution in [2.24, 2.45) is 0 Å². The number of imide groups is 1. The van der Waals surface area contributed by atoms with Crippen molar-refractivity contribution in [3.05, 3.63) is 101 Å². The lowest BCUT2D eigenvalue weighted by atomic mass is 10.0. The number of nitrogens with zero attached hydrogens (tertiary/aromatic N) is 3. The average molecular weight is 810 g/mol. The van der Waals surface area contributed by atoms with Crippen LogP contribution in [0.4, 0.5) is 5.69 Å². The SMILES string of the molecule is O=C1CCC(N2Cc3ccc(N4CCN(CCCCCOc5ccc(Oc6c(-c7ccc(Br)cc7)sc7cc(O)ccc67)cc5)CC4)cc3C2=O)C(=O)N1. The number of piperazine rings is 1. The van der Waals surface area contributed by atoms with E-state index in [0.29, 0.717) is 25.1 Å². The van der Waals surface area contributed by atoms with E-state index >= 15 is 0 Å². The van der Waals surface area contributed by atoms with Crippen LogP contribution < -0.4 is 19.7 Å². The van der Waals surface area contributed by atoms with Crippen LogP contribution in [0.15, 0.2) is 89.4 Å². The van der Waals surface area contributed by atoms with Gasteiger partial charge in [0.1, 0.15) is 23.3 Å². The Hall–Kier alpha value is -4.91. The minimum atomic E-state index is -0.595. The number of carbonyl (C=O) groups excluding carboxylic acids is 3. The maximum absolute atomic E-state index is 13.3. The van der Waals surface area contributed by atoms with Crippen LogP contribution in [0.5, 0.6) is 23.0 Å². The molecular formula is C42H41BrN4O6S. The predicted octanol–water partition coefficient (Wildman–Crippen LogP) is 7.96. The third-order valence-corrected chi connectivity index (χ3v) is 12.1. The molecule has 3 aliphatic rings. The molecule has 1 aromatic heterocycles. The number of nitrogens with one attached hydrogen (secondary N) is 1. The van der Waals surface area contributed by atoms with E-state index in [2.05, 4.69) is 49.2 Å². The molecule has 0 bridgehead atoms. The van der Waals surface area contributed by atoms with Crippen molar-refractivity contribution in [2.75, 3.05) is 44.2 Å². The number of carbonyl (C=O) groups is 3. The van der Waals surface area contributed by atoms with Gasteiger partial charge in [0.15, 0.2) is 5.75 Å². The van der Waals surface area contributed by atoms with E-state index in [-0.39, 0.29) is 29.9 Å². The van der Waals surface area contributed by atoms with Crippen LogP contribution in [-0.2, 0) is 16.1 Å². The van der Waals surface area contributed by atoms with E-state index in [1.807, 2.05) is 54.6 Å². The molecule has 4 aromatic carbocycles. The van der Waals surface area contributed by atoms with Crippen molar-refractivity contribution < 1.29 is 29.0 Å². The highest BCUT2D eigenvalue weighted by molar-refractivity contribution is 9.10. The number of phenolic OH excluding ortho intramolecular Hbond substituents is 1. The Balaban J connectivity index is 0.766. The van der Waals surface area contributed by atoms with Crippen LogP contribution in [0.1, 0.15) is 48.0 Å². The number of hydrogen-bond acceptors (Lipinski definition) is 9. The van der Waals surface area contributed by atoms with Crippen molar-refractivity contribution in [3.63, 3.8) is 0 Å². The molecule has 3 amide bonds. The van der Waals surface area contributed by atoms with Gasteiger partial charge in [-0.25, -0.2) is 0 Å². The molecule has 0 radical (unpaired) electrons. The molecule has 5 aromatic rings. The molecule has 2 saturated heterocycles. The first-order valence-corrected chi connectivity index (χ1v) is 20.1. The second-order valence-corrected chi connectivity index (χ2v) is 16.0. The first-order valence-electron chi connectivity index (χ1n) is 18.5. The molecule has 0 saturated carbocycles. The summed E-state index contributed by atoms with van der Waals surface area (Å²) in [6.45, 7) is 5.81. The van der Waals surface area contributed by atoms with Gasteiger partial charge < -0.3 is 24.4 Å². The van der Waals surface area contributed by atoms with E-state index in [9.17, 15) is 19.5 Å². The van der Waals surface area contributed by atoms with E-state index in [1.165, 1.54) is 0 Å². The largest absolute Gasteiger partial charge is 0.508 e. The summed E-state index contributed by atoms with van der Waals surface area (Å²) in [6, 6.07) is 26.7. The van der Waals surface area contributed by atoms with Gasteiger partial charge in [-0.2, -0.15) is 0 Å². The third kappa shape index (κ3) is 7.82. The number of aromatic hydroxyl groups is 1. The molecule has 278 valence electrons. The zero-order valence-corrected chi connectivity index (χ0v) is 32.2. The Labute approximate surface area is 326 Å². The van der Waals surface area contributed by atoms with E-state index in [0.717, 1.165) is 105 Å². The van der Waals surface area contributed by atoms with E-state index in [4.69, 9.17) is 9.47 Å². The summed E-state index contributed by atoms with van der Waals surface area (Å²) < 4.78 is 14.5. The second kappa shape index (κ2) is 15.8. The van der Waals surface area contributed by atoms with Crippen LogP contribution in [0.3, 0.4) is 0 Å². The number of rotatable bonds is 12. The number of benzene rings is 4. The Kier molecular flexibility index (Phi) is 10.6. The van der Waals surface area contributed by atoms with Crippen molar-refractivity contribution in [1.29, 1.82) is 0 Å². The van der Waals surface area contributed by atoms with Crippen molar-refractivity contribution >= 4 is 60.8 Å². The van der Waals surface area contributed by atoms with Gasteiger partial charge >= 0.3 is 0 Å². The highest BCUT2D eigenvalue weighted by atomic mass is 79.9. The predicted molar refractivity (Wildman–Crippen MR) is 214 cm³/mol. The Morgan fingerprint density at radius 3 is 2.41 bits per heavy atom.